The van der Waals surface area contributed by atoms with Gasteiger partial charge >= 0.3 is 0 Å². The summed E-state index contributed by atoms with van der Waals surface area (Å²) >= 11 is 0. The van der Waals surface area contributed by atoms with Crippen LogP contribution in [0.15, 0.2) is 59.7 Å². The van der Waals surface area contributed by atoms with E-state index in [0.29, 0.717) is 19.6 Å². The fourth-order valence-corrected chi connectivity index (χ4v) is 2.61. The largest absolute Gasteiger partial charge is 0.494 e. The number of benzene rings is 2. The third-order valence-electron chi connectivity index (χ3n) is 3.79. The van der Waals surface area contributed by atoms with Crippen molar-refractivity contribution in [3.05, 3.63) is 65.7 Å². The molecule has 0 aliphatic carbocycles. The van der Waals surface area contributed by atoms with Gasteiger partial charge in [0.2, 0.25) is 5.91 Å². The van der Waals surface area contributed by atoms with Gasteiger partial charge in [-0.15, -0.1) is 0 Å². The van der Waals surface area contributed by atoms with Crippen LogP contribution in [0.1, 0.15) is 24.5 Å². The first-order chi connectivity index (χ1) is 11.3. The average molecular weight is 308 g/mol. The molecule has 0 radical (unpaired) electrons. The molecule has 4 nitrogen and oxygen atoms in total. The van der Waals surface area contributed by atoms with Crippen LogP contribution in [0, 0.1) is 0 Å². The number of amides is 1. The van der Waals surface area contributed by atoms with E-state index in [9.17, 15) is 4.79 Å². The summed E-state index contributed by atoms with van der Waals surface area (Å²) in [7, 11) is 0. The van der Waals surface area contributed by atoms with E-state index >= 15 is 0 Å². The normalized spacial score (nSPS) is 13.8. The van der Waals surface area contributed by atoms with E-state index in [1.807, 2.05) is 61.5 Å². The molecule has 1 aliphatic heterocycles. The minimum Gasteiger partial charge on any atom is -0.494 e. The summed E-state index contributed by atoms with van der Waals surface area (Å²) < 4.78 is 5.44. The second-order valence-corrected chi connectivity index (χ2v) is 5.43. The number of carbonyl (C=O) groups is 1. The van der Waals surface area contributed by atoms with Crippen molar-refractivity contribution in [2.24, 2.45) is 5.10 Å². The number of rotatable bonds is 5. The minimum atomic E-state index is 0.0390. The zero-order valence-corrected chi connectivity index (χ0v) is 13.2. The Balaban J connectivity index is 1.66. The highest BCUT2D eigenvalue weighted by atomic mass is 16.5. The molecule has 0 aromatic heterocycles. The van der Waals surface area contributed by atoms with E-state index in [2.05, 4.69) is 5.10 Å². The van der Waals surface area contributed by atoms with E-state index < -0.39 is 0 Å². The van der Waals surface area contributed by atoms with Crippen molar-refractivity contribution in [3.63, 3.8) is 0 Å². The fraction of sp³-hybridized carbons (Fsp3) is 0.263. The lowest BCUT2D eigenvalue weighted by Crippen LogP contribution is -2.25. The summed E-state index contributed by atoms with van der Waals surface area (Å²) in [5.41, 5.74) is 3.01. The van der Waals surface area contributed by atoms with Gasteiger partial charge in [0.05, 0.1) is 25.3 Å². The molecule has 0 atom stereocenters. The number of nitrogens with zero attached hydrogens (tertiary/aromatic N) is 2. The molecule has 0 fully saturated rings. The Morgan fingerprint density at radius 2 is 1.87 bits per heavy atom. The Kier molecular flexibility index (Phi) is 4.71. The maximum absolute atomic E-state index is 12.3. The van der Waals surface area contributed by atoms with Crippen LogP contribution in [-0.2, 0) is 11.2 Å². The molecular weight excluding hydrogens is 288 g/mol. The molecule has 2 aromatic rings. The number of hydrazone groups is 1. The molecule has 0 saturated carbocycles. The van der Waals surface area contributed by atoms with Gasteiger partial charge in [0.1, 0.15) is 5.75 Å². The van der Waals surface area contributed by atoms with Gasteiger partial charge in [-0.05, 0) is 42.3 Å². The van der Waals surface area contributed by atoms with Gasteiger partial charge in [0.25, 0.3) is 0 Å². The molecule has 0 spiro atoms. The van der Waals surface area contributed by atoms with Crippen molar-refractivity contribution >= 4 is 11.6 Å². The van der Waals surface area contributed by atoms with Gasteiger partial charge in [-0.3, -0.25) is 4.79 Å². The zero-order valence-electron chi connectivity index (χ0n) is 13.2. The molecule has 1 aliphatic rings. The van der Waals surface area contributed by atoms with Crippen LogP contribution in [-0.4, -0.2) is 29.8 Å². The van der Waals surface area contributed by atoms with Crippen LogP contribution >= 0.6 is 0 Å². The molecule has 23 heavy (non-hydrogen) atoms. The number of hydrogen-bond acceptors (Lipinski definition) is 3. The summed E-state index contributed by atoms with van der Waals surface area (Å²) in [6, 6.07) is 17.6. The highest BCUT2D eigenvalue weighted by Gasteiger charge is 2.21. The molecule has 118 valence electrons. The van der Waals surface area contributed by atoms with E-state index in [4.69, 9.17) is 4.74 Å². The smallest absolute Gasteiger partial charge is 0.247 e. The van der Waals surface area contributed by atoms with Crippen molar-refractivity contribution in [3.8, 4) is 5.75 Å². The topological polar surface area (TPSA) is 41.9 Å². The third-order valence-corrected chi connectivity index (χ3v) is 3.79. The molecule has 0 unspecified atom stereocenters. The predicted molar refractivity (Wildman–Crippen MR) is 90.6 cm³/mol. The SMILES string of the molecule is CCOc1ccc(C2=NN(C(=O)Cc3ccccc3)CC2)cc1. The van der Waals surface area contributed by atoms with Gasteiger partial charge in [0, 0.05) is 6.42 Å². The van der Waals surface area contributed by atoms with Crippen LogP contribution < -0.4 is 4.74 Å². The molecule has 2 aromatic carbocycles. The van der Waals surface area contributed by atoms with Gasteiger partial charge in [-0.1, -0.05) is 30.3 Å². The Morgan fingerprint density at radius 1 is 1.13 bits per heavy atom. The van der Waals surface area contributed by atoms with E-state index in [1.54, 1.807) is 5.01 Å². The first-order valence-corrected chi connectivity index (χ1v) is 7.91. The van der Waals surface area contributed by atoms with Crippen molar-refractivity contribution in [1.82, 2.24) is 5.01 Å². The molecule has 1 heterocycles. The van der Waals surface area contributed by atoms with Crippen molar-refractivity contribution < 1.29 is 9.53 Å². The summed E-state index contributed by atoms with van der Waals surface area (Å²) in [6.45, 7) is 3.27. The van der Waals surface area contributed by atoms with Gasteiger partial charge in [-0.2, -0.15) is 5.10 Å². The lowest BCUT2D eigenvalue weighted by atomic mass is 10.1. The maximum Gasteiger partial charge on any atom is 0.247 e. The zero-order chi connectivity index (χ0) is 16.1. The highest BCUT2D eigenvalue weighted by molar-refractivity contribution is 6.02. The van der Waals surface area contributed by atoms with Gasteiger partial charge < -0.3 is 4.74 Å². The number of ether oxygens (including phenoxy) is 1. The lowest BCUT2D eigenvalue weighted by Gasteiger charge is -2.11. The van der Waals surface area contributed by atoms with Gasteiger partial charge in [-0.25, -0.2) is 5.01 Å². The third kappa shape index (κ3) is 3.77. The second kappa shape index (κ2) is 7.09. The van der Waals surface area contributed by atoms with Gasteiger partial charge in [0.15, 0.2) is 0 Å². The van der Waals surface area contributed by atoms with E-state index in [1.165, 1.54) is 0 Å². The summed E-state index contributed by atoms with van der Waals surface area (Å²) in [4.78, 5) is 12.3. The first kappa shape index (κ1) is 15.3. The average Bonchev–Trinajstić information content (AvgIpc) is 3.07. The molecule has 0 bridgehead atoms. The molecular formula is C19H20N2O2. The van der Waals surface area contributed by atoms with Crippen LogP contribution in [0.5, 0.6) is 5.75 Å². The monoisotopic (exact) mass is 308 g/mol. The summed E-state index contributed by atoms with van der Waals surface area (Å²) in [5, 5.41) is 6.07. The fourth-order valence-electron chi connectivity index (χ4n) is 2.61. The quantitative estimate of drug-likeness (QED) is 0.851. The van der Waals surface area contributed by atoms with Crippen LogP contribution in [0.2, 0.25) is 0 Å². The van der Waals surface area contributed by atoms with Crippen molar-refractivity contribution in [2.75, 3.05) is 13.2 Å². The molecule has 4 heteroatoms. The van der Waals surface area contributed by atoms with Crippen LogP contribution in [0.4, 0.5) is 0 Å². The lowest BCUT2D eigenvalue weighted by molar-refractivity contribution is -0.130. The molecule has 1 amide bonds. The van der Waals surface area contributed by atoms with Crippen molar-refractivity contribution in [2.45, 2.75) is 19.8 Å². The van der Waals surface area contributed by atoms with E-state index in [0.717, 1.165) is 29.0 Å². The second-order valence-electron chi connectivity index (χ2n) is 5.43. The standard InChI is InChI=1S/C19H20N2O2/c1-2-23-17-10-8-16(9-11-17)18-12-13-21(20-18)19(22)14-15-6-4-3-5-7-15/h3-11H,2,12-14H2,1H3. The highest BCUT2D eigenvalue weighted by Crippen LogP contribution is 2.18. The molecule has 0 N–H and O–H groups in total. The first-order valence-electron chi connectivity index (χ1n) is 7.91. The van der Waals surface area contributed by atoms with Crippen molar-refractivity contribution in [1.29, 1.82) is 0 Å². The van der Waals surface area contributed by atoms with Crippen LogP contribution in [0.3, 0.4) is 0 Å². The Hall–Kier alpha value is -2.62. The Labute approximate surface area is 136 Å². The molecule has 3 rings (SSSR count). The number of carbonyl (C=O) groups excluding carboxylic acids is 1. The Morgan fingerprint density at radius 3 is 2.57 bits per heavy atom. The van der Waals surface area contributed by atoms with Crippen LogP contribution in [0.25, 0.3) is 0 Å². The maximum atomic E-state index is 12.3. The number of hydrogen-bond donors (Lipinski definition) is 0. The summed E-state index contributed by atoms with van der Waals surface area (Å²) in [5.74, 6) is 0.893. The van der Waals surface area contributed by atoms with E-state index in [-0.39, 0.29) is 5.91 Å². The summed E-state index contributed by atoms with van der Waals surface area (Å²) in [6.07, 6.45) is 1.18. The Bertz CT molecular complexity index is 693. The molecule has 0 saturated heterocycles. The predicted octanol–water partition coefficient (Wildman–Crippen LogP) is 3.26. The minimum absolute atomic E-state index is 0.0390.